The third-order valence-electron chi connectivity index (χ3n) is 10.4. The molecule has 4 amide bonds. The van der Waals surface area contributed by atoms with Crippen LogP contribution in [-0.4, -0.2) is 79.4 Å². The van der Waals surface area contributed by atoms with Gasteiger partial charge in [0, 0.05) is 37.5 Å². The van der Waals surface area contributed by atoms with Crippen LogP contribution in [0.3, 0.4) is 0 Å². The van der Waals surface area contributed by atoms with Crippen molar-refractivity contribution in [1.29, 1.82) is 0 Å². The summed E-state index contributed by atoms with van der Waals surface area (Å²) < 4.78 is 0. The average molecular weight is 487 g/mol. The number of imide groups is 1. The zero-order valence-electron chi connectivity index (χ0n) is 22.7. The summed E-state index contributed by atoms with van der Waals surface area (Å²) in [5.74, 6) is 1.57. The fourth-order valence-electron chi connectivity index (χ4n) is 8.42. The molecule has 196 valence electrons. The first-order valence-corrected chi connectivity index (χ1v) is 13.7. The minimum atomic E-state index is -0.245. The van der Waals surface area contributed by atoms with Gasteiger partial charge in [0.1, 0.15) is 0 Å². The number of amides is 4. The number of fused-ring (bicyclic) bond motifs is 5. The molecule has 0 spiro atoms. The van der Waals surface area contributed by atoms with Crippen LogP contribution in [0.4, 0.5) is 4.79 Å². The van der Waals surface area contributed by atoms with Gasteiger partial charge in [0.25, 0.3) is 0 Å². The Bertz CT molecular complexity index is 872. The lowest BCUT2D eigenvalue weighted by atomic mass is 9.47. The summed E-state index contributed by atoms with van der Waals surface area (Å²) in [7, 11) is 6.01. The number of urea groups is 1. The van der Waals surface area contributed by atoms with E-state index < -0.39 is 0 Å². The van der Waals surface area contributed by atoms with Crippen molar-refractivity contribution in [2.24, 2.45) is 34.5 Å². The van der Waals surface area contributed by atoms with Crippen LogP contribution in [-0.2, 0) is 9.59 Å². The molecule has 1 aliphatic heterocycles. The number of hydrogen-bond donors (Lipinski definition) is 1. The third kappa shape index (κ3) is 4.54. The lowest BCUT2D eigenvalue weighted by Gasteiger charge is -2.60. The number of rotatable bonds is 6. The van der Waals surface area contributed by atoms with E-state index in [4.69, 9.17) is 0 Å². The second-order valence-electron chi connectivity index (χ2n) is 12.3. The van der Waals surface area contributed by atoms with Gasteiger partial charge in [0.15, 0.2) is 0 Å². The summed E-state index contributed by atoms with van der Waals surface area (Å²) in [5, 5.41) is 2.78. The van der Waals surface area contributed by atoms with Crippen LogP contribution in [0.5, 0.6) is 0 Å². The first-order chi connectivity index (χ1) is 16.5. The highest BCUT2D eigenvalue weighted by Gasteiger charge is 2.61. The zero-order valence-corrected chi connectivity index (χ0v) is 22.7. The lowest BCUT2D eigenvalue weighted by molar-refractivity contribution is -0.142. The van der Waals surface area contributed by atoms with E-state index in [0.717, 1.165) is 51.5 Å². The van der Waals surface area contributed by atoms with E-state index >= 15 is 0 Å². The highest BCUT2D eigenvalue weighted by molar-refractivity contribution is 5.96. The molecule has 2 unspecified atom stereocenters. The molecule has 0 aromatic heterocycles. The SMILES string of the molecule is CCN(CCCN(C)C)C(=O)NC(=O)C1CC[C@H]2[C@@H]3CCC4N(C)C(=O)C=C[C@]4(C)[C@@H]3CC[C@]12C. The van der Waals surface area contributed by atoms with E-state index in [2.05, 4.69) is 30.1 Å². The molecule has 0 saturated heterocycles. The fourth-order valence-corrected chi connectivity index (χ4v) is 8.42. The second-order valence-corrected chi connectivity index (χ2v) is 12.3. The molecule has 7 nitrogen and oxygen atoms in total. The molecule has 7 heteroatoms. The normalized spacial score (nSPS) is 38.1. The molecule has 0 radical (unpaired) electrons. The summed E-state index contributed by atoms with van der Waals surface area (Å²) in [4.78, 5) is 44.5. The molecule has 3 fully saturated rings. The Morgan fingerprint density at radius 2 is 1.83 bits per heavy atom. The Hall–Kier alpha value is -1.89. The van der Waals surface area contributed by atoms with Crippen LogP contribution in [0, 0.1) is 34.5 Å². The van der Waals surface area contributed by atoms with E-state index in [1.54, 1.807) is 11.0 Å². The smallest absolute Gasteiger partial charge is 0.324 e. The molecular formula is C28H46N4O3. The summed E-state index contributed by atoms with van der Waals surface area (Å²) in [5.41, 5.74) is -0.0474. The number of hydrogen-bond acceptors (Lipinski definition) is 4. The molecule has 1 heterocycles. The number of carbonyl (C=O) groups excluding carboxylic acids is 3. The fraction of sp³-hybridized carbons (Fsp3) is 0.821. The topological polar surface area (TPSA) is 73.0 Å². The van der Waals surface area contributed by atoms with Crippen molar-refractivity contribution in [3.63, 3.8) is 0 Å². The Morgan fingerprint density at radius 3 is 2.51 bits per heavy atom. The molecule has 1 N–H and O–H groups in total. The summed E-state index contributed by atoms with van der Waals surface area (Å²) >= 11 is 0. The van der Waals surface area contributed by atoms with Gasteiger partial charge in [-0.1, -0.05) is 19.9 Å². The highest BCUT2D eigenvalue weighted by Crippen LogP contribution is 2.65. The van der Waals surface area contributed by atoms with Crippen LogP contribution < -0.4 is 5.32 Å². The van der Waals surface area contributed by atoms with Gasteiger partial charge >= 0.3 is 6.03 Å². The van der Waals surface area contributed by atoms with Crippen molar-refractivity contribution in [2.45, 2.75) is 71.8 Å². The third-order valence-corrected chi connectivity index (χ3v) is 10.4. The van der Waals surface area contributed by atoms with E-state index in [1.807, 2.05) is 33.0 Å². The molecule has 4 aliphatic rings. The zero-order chi connectivity index (χ0) is 25.5. The summed E-state index contributed by atoms with van der Waals surface area (Å²) in [6.45, 7) is 8.81. The summed E-state index contributed by atoms with van der Waals surface area (Å²) in [6.07, 6.45) is 11.1. The number of nitrogens with zero attached hydrogens (tertiary/aromatic N) is 3. The van der Waals surface area contributed by atoms with Gasteiger partial charge in [0.2, 0.25) is 11.8 Å². The van der Waals surface area contributed by atoms with Crippen molar-refractivity contribution in [1.82, 2.24) is 20.0 Å². The van der Waals surface area contributed by atoms with Crippen LogP contribution in [0.15, 0.2) is 12.2 Å². The van der Waals surface area contributed by atoms with Crippen molar-refractivity contribution in [3.8, 4) is 0 Å². The van der Waals surface area contributed by atoms with Gasteiger partial charge in [-0.3, -0.25) is 14.9 Å². The predicted molar refractivity (Wildman–Crippen MR) is 138 cm³/mol. The minimum absolute atomic E-state index is 0.0113. The van der Waals surface area contributed by atoms with Gasteiger partial charge in [-0.2, -0.15) is 0 Å². The van der Waals surface area contributed by atoms with Gasteiger partial charge in [-0.05, 0) is 102 Å². The second kappa shape index (κ2) is 9.87. The molecule has 35 heavy (non-hydrogen) atoms. The van der Waals surface area contributed by atoms with Crippen molar-refractivity contribution >= 4 is 17.8 Å². The quantitative estimate of drug-likeness (QED) is 0.621. The number of carbonyl (C=O) groups is 3. The Labute approximate surface area is 211 Å². The molecule has 4 rings (SSSR count). The van der Waals surface area contributed by atoms with Crippen LogP contribution in [0.1, 0.15) is 65.7 Å². The number of nitrogens with one attached hydrogen (secondary N) is 1. The molecule has 0 bridgehead atoms. The van der Waals surface area contributed by atoms with Gasteiger partial charge in [-0.25, -0.2) is 4.79 Å². The van der Waals surface area contributed by atoms with Gasteiger partial charge in [0.05, 0.1) is 0 Å². The van der Waals surface area contributed by atoms with Crippen LogP contribution in [0.25, 0.3) is 0 Å². The van der Waals surface area contributed by atoms with Gasteiger partial charge in [-0.15, -0.1) is 0 Å². The Morgan fingerprint density at radius 1 is 1.09 bits per heavy atom. The van der Waals surface area contributed by atoms with E-state index in [-0.39, 0.29) is 40.6 Å². The maximum atomic E-state index is 13.4. The van der Waals surface area contributed by atoms with E-state index in [1.165, 1.54) is 0 Å². The molecule has 3 aliphatic carbocycles. The predicted octanol–water partition coefficient (Wildman–Crippen LogP) is 3.75. The lowest BCUT2D eigenvalue weighted by Crippen LogP contribution is -2.60. The minimum Gasteiger partial charge on any atom is -0.338 e. The largest absolute Gasteiger partial charge is 0.338 e. The highest BCUT2D eigenvalue weighted by atomic mass is 16.2. The monoisotopic (exact) mass is 486 g/mol. The van der Waals surface area contributed by atoms with Crippen molar-refractivity contribution in [2.75, 3.05) is 40.8 Å². The average Bonchev–Trinajstić information content (AvgIpc) is 3.16. The van der Waals surface area contributed by atoms with Crippen LogP contribution >= 0.6 is 0 Å². The van der Waals surface area contributed by atoms with Crippen LogP contribution in [0.2, 0.25) is 0 Å². The maximum absolute atomic E-state index is 13.4. The van der Waals surface area contributed by atoms with Gasteiger partial charge < -0.3 is 14.7 Å². The maximum Gasteiger partial charge on any atom is 0.324 e. The molecule has 0 aromatic carbocycles. The standard InChI is InChI=1S/C28H46N4O3/c1-7-32(18-8-17-30(4)5)26(35)29-25(34)22-11-10-20-19-9-12-23-28(3,16-14-24(33)31(23)6)21(19)13-15-27(20,22)2/h14,16,19-23H,7-13,15,17-18H2,1-6H3,(H,29,34,35)/t19-,20-,21+,22?,23?,27-,28+/m0/s1. The molecule has 7 atom stereocenters. The summed E-state index contributed by atoms with van der Waals surface area (Å²) in [6, 6.07) is 0.0290. The Balaban J connectivity index is 1.44. The Kier molecular flexibility index (Phi) is 7.38. The molecule has 0 aromatic rings. The van der Waals surface area contributed by atoms with Crippen molar-refractivity contribution < 1.29 is 14.4 Å². The molecule has 3 saturated carbocycles. The van der Waals surface area contributed by atoms with E-state index in [9.17, 15) is 14.4 Å². The van der Waals surface area contributed by atoms with Crippen molar-refractivity contribution in [3.05, 3.63) is 12.2 Å². The first-order valence-electron chi connectivity index (χ1n) is 13.7. The van der Waals surface area contributed by atoms with E-state index in [0.29, 0.717) is 30.8 Å². The first kappa shape index (κ1) is 26.2. The number of likely N-dealkylation sites (N-methyl/N-ethyl adjacent to an activating group) is 1. The molecular weight excluding hydrogens is 440 g/mol.